The van der Waals surface area contributed by atoms with Gasteiger partial charge in [-0.3, -0.25) is 4.79 Å². The predicted octanol–water partition coefficient (Wildman–Crippen LogP) is 4.30. The molecule has 5 heteroatoms. The van der Waals surface area contributed by atoms with Crippen LogP contribution >= 0.6 is 0 Å². The van der Waals surface area contributed by atoms with Crippen molar-refractivity contribution in [1.82, 2.24) is 5.32 Å². The lowest BCUT2D eigenvalue weighted by Gasteiger charge is -2.22. The second kappa shape index (κ2) is 9.64. The highest BCUT2D eigenvalue weighted by Crippen LogP contribution is 2.28. The number of methoxy groups -OCH3 is 2. The molecule has 0 unspecified atom stereocenters. The van der Waals surface area contributed by atoms with Gasteiger partial charge in [0, 0.05) is 18.2 Å². The Kier molecular flexibility index (Phi) is 6.74. The van der Waals surface area contributed by atoms with Gasteiger partial charge in [-0.1, -0.05) is 54.6 Å². The maximum absolute atomic E-state index is 12.7. The van der Waals surface area contributed by atoms with Gasteiger partial charge in [0.05, 0.1) is 20.3 Å². The summed E-state index contributed by atoms with van der Waals surface area (Å²) in [6.07, 6.45) is 0. The van der Waals surface area contributed by atoms with E-state index in [1.165, 1.54) is 0 Å². The molecule has 3 rings (SSSR count). The van der Waals surface area contributed by atoms with E-state index in [1.54, 1.807) is 32.4 Å². The van der Waals surface area contributed by atoms with E-state index in [9.17, 15) is 4.79 Å². The van der Waals surface area contributed by atoms with Gasteiger partial charge in [-0.2, -0.15) is 0 Å². The molecule has 1 atom stereocenters. The number of hydrogen-bond donors (Lipinski definition) is 1. The van der Waals surface area contributed by atoms with E-state index in [2.05, 4.69) is 5.32 Å². The molecular formula is C24H25NO4. The number of hydrogen-bond acceptors (Lipinski definition) is 4. The summed E-state index contributed by atoms with van der Waals surface area (Å²) in [7, 11) is 3.13. The summed E-state index contributed by atoms with van der Waals surface area (Å²) in [5, 5.41) is 3.09. The largest absolute Gasteiger partial charge is 0.496 e. The maximum atomic E-state index is 12.7. The molecule has 0 aliphatic rings. The Morgan fingerprint density at radius 2 is 1.45 bits per heavy atom. The SMILES string of the molecule is COc1cc(OC)cc(OCC(=O)N[C@@H](c2ccccc2)c2ccccc2C)c1. The van der Waals surface area contributed by atoms with Crippen LogP contribution in [-0.4, -0.2) is 26.7 Å². The number of rotatable bonds is 8. The van der Waals surface area contributed by atoms with Crippen molar-refractivity contribution in [2.75, 3.05) is 20.8 Å². The normalized spacial score (nSPS) is 11.4. The van der Waals surface area contributed by atoms with Gasteiger partial charge in [-0.25, -0.2) is 0 Å². The number of carbonyl (C=O) groups is 1. The minimum atomic E-state index is -0.256. The number of nitrogens with one attached hydrogen (secondary N) is 1. The molecule has 0 fully saturated rings. The standard InChI is InChI=1S/C24H25NO4/c1-17-9-7-8-12-22(17)24(18-10-5-4-6-11-18)25-23(26)16-29-21-14-19(27-2)13-20(15-21)28-3/h4-15,24H,16H2,1-3H3,(H,25,26)/t24-/m0/s1. The Labute approximate surface area is 171 Å². The first kappa shape index (κ1) is 20.3. The van der Waals surface area contributed by atoms with Crippen molar-refractivity contribution in [3.05, 3.63) is 89.5 Å². The van der Waals surface area contributed by atoms with Crippen molar-refractivity contribution >= 4 is 5.91 Å². The van der Waals surface area contributed by atoms with Crippen molar-refractivity contribution in [2.45, 2.75) is 13.0 Å². The molecule has 0 bridgehead atoms. The molecule has 0 aliphatic carbocycles. The second-order valence-electron chi connectivity index (χ2n) is 6.60. The van der Waals surface area contributed by atoms with Crippen LogP contribution in [0, 0.1) is 6.92 Å². The summed E-state index contributed by atoms with van der Waals surface area (Å²) < 4.78 is 16.2. The van der Waals surface area contributed by atoms with E-state index < -0.39 is 0 Å². The van der Waals surface area contributed by atoms with Gasteiger partial charge in [0.1, 0.15) is 17.2 Å². The predicted molar refractivity (Wildman–Crippen MR) is 113 cm³/mol. The highest BCUT2D eigenvalue weighted by Gasteiger charge is 2.18. The summed E-state index contributed by atoms with van der Waals surface area (Å²) in [5.41, 5.74) is 3.17. The molecule has 5 nitrogen and oxygen atoms in total. The Morgan fingerprint density at radius 1 is 0.862 bits per heavy atom. The molecule has 0 spiro atoms. The molecule has 3 aromatic carbocycles. The van der Waals surface area contributed by atoms with Gasteiger partial charge in [-0.05, 0) is 23.6 Å². The third-order valence-corrected chi connectivity index (χ3v) is 4.63. The van der Waals surface area contributed by atoms with Crippen molar-refractivity contribution in [3.8, 4) is 17.2 Å². The zero-order chi connectivity index (χ0) is 20.6. The lowest BCUT2D eigenvalue weighted by molar-refractivity contribution is -0.123. The zero-order valence-corrected chi connectivity index (χ0v) is 16.8. The molecule has 3 aromatic rings. The number of benzene rings is 3. The lowest BCUT2D eigenvalue weighted by Crippen LogP contribution is -2.33. The van der Waals surface area contributed by atoms with Crippen LogP contribution in [-0.2, 0) is 4.79 Å². The minimum Gasteiger partial charge on any atom is -0.496 e. The molecule has 1 amide bonds. The summed E-state index contributed by atoms with van der Waals surface area (Å²) in [4.78, 5) is 12.7. The quantitative estimate of drug-likeness (QED) is 0.622. The molecular weight excluding hydrogens is 366 g/mol. The van der Waals surface area contributed by atoms with E-state index in [1.807, 2.05) is 61.5 Å². The molecule has 29 heavy (non-hydrogen) atoms. The molecule has 150 valence electrons. The molecule has 1 N–H and O–H groups in total. The minimum absolute atomic E-state index is 0.120. The van der Waals surface area contributed by atoms with Crippen LogP contribution in [0.25, 0.3) is 0 Å². The first-order valence-corrected chi connectivity index (χ1v) is 9.36. The zero-order valence-electron chi connectivity index (χ0n) is 16.8. The van der Waals surface area contributed by atoms with E-state index in [0.717, 1.165) is 16.7 Å². The van der Waals surface area contributed by atoms with Gasteiger partial charge in [0.15, 0.2) is 6.61 Å². The topological polar surface area (TPSA) is 56.8 Å². The Morgan fingerprint density at radius 3 is 2.07 bits per heavy atom. The van der Waals surface area contributed by atoms with Gasteiger partial charge >= 0.3 is 0 Å². The smallest absolute Gasteiger partial charge is 0.258 e. The summed E-state index contributed by atoms with van der Waals surface area (Å²) in [5.74, 6) is 1.48. The van der Waals surface area contributed by atoms with Gasteiger partial charge in [-0.15, -0.1) is 0 Å². The van der Waals surface area contributed by atoms with Crippen LogP contribution < -0.4 is 19.5 Å². The number of ether oxygens (including phenoxy) is 3. The molecule has 0 radical (unpaired) electrons. The number of carbonyl (C=O) groups excluding carboxylic acids is 1. The van der Waals surface area contributed by atoms with Gasteiger partial charge < -0.3 is 19.5 Å². The fourth-order valence-corrected chi connectivity index (χ4v) is 3.11. The van der Waals surface area contributed by atoms with Gasteiger partial charge in [0.25, 0.3) is 5.91 Å². The Balaban J connectivity index is 1.75. The third-order valence-electron chi connectivity index (χ3n) is 4.63. The maximum Gasteiger partial charge on any atom is 0.258 e. The average Bonchev–Trinajstić information content (AvgIpc) is 2.77. The van der Waals surface area contributed by atoms with Gasteiger partial charge in [0.2, 0.25) is 0 Å². The molecule has 0 aliphatic heterocycles. The van der Waals surface area contributed by atoms with Crippen LogP contribution in [0.4, 0.5) is 0 Å². The first-order valence-electron chi connectivity index (χ1n) is 9.36. The van der Waals surface area contributed by atoms with Crippen molar-refractivity contribution in [1.29, 1.82) is 0 Å². The second-order valence-corrected chi connectivity index (χ2v) is 6.60. The van der Waals surface area contributed by atoms with Crippen molar-refractivity contribution in [2.24, 2.45) is 0 Å². The van der Waals surface area contributed by atoms with E-state index >= 15 is 0 Å². The van der Waals surface area contributed by atoms with Crippen molar-refractivity contribution < 1.29 is 19.0 Å². The molecule has 0 heterocycles. The van der Waals surface area contributed by atoms with E-state index in [4.69, 9.17) is 14.2 Å². The molecule has 0 aromatic heterocycles. The molecule has 0 saturated heterocycles. The molecule has 0 saturated carbocycles. The van der Waals surface area contributed by atoms with Crippen LogP contribution in [0.5, 0.6) is 17.2 Å². The fraction of sp³-hybridized carbons (Fsp3) is 0.208. The Bertz CT molecular complexity index is 934. The first-order chi connectivity index (χ1) is 14.1. The number of aryl methyl sites for hydroxylation is 1. The van der Waals surface area contributed by atoms with E-state index in [-0.39, 0.29) is 18.6 Å². The fourth-order valence-electron chi connectivity index (χ4n) is 3.11. The van der Waals surface area contributed by atoms with Crippen LogP contribution in [0.1, 0.15) is 22.7 Å². The summed E-state index contributed by atoms with van der Waals surface area (Å²) in [6.45, 7) is 1.92. The Hall–Kier alpha value is -3.47. The lowest BCUT2D eigenvalue weighted by atomic mass is 9.95. The summed E-state index contributed by atoms with van der Waals surface area (Å²) >= 11 is 0. The number of amides is 1. The van der Waals surface area contributed by atoms with Crippen LogP contribution in [0.3, 0.4) is 0 Å². The summed E-state index contributed by atoms with van der Waals surface area (Å²) in [6, 6.07) is 22.8. The van der Waals surface area contributed by atoms with E-state index in [0.29, 0.717) is 17.2 Å². The highest BCUT2D eigenvalue weighted by atomic mass is 16.5. The van der Waals surface area contributed by atoms with Crippen LogP contribution in [0.2, 0.25) is 0 Å². The monoisotopic (exact) mass is 391 g/mol. The van der Waals surface area contributed by atoms with Crippen LogP contribution in [0.15, 0.2) is 72.8 Å². The average molecular weight is 391 g/mol. The highest BCUT2D eigenvalue weighted by molar-refractivity contribution is 5.78. The van der Waals surface area contributed by atoms with Crippen molar-refractivity contribution in [3.63, 3.8) is 0 Å². The third kappa shape index (κ3) is 5.29.